The topological polar surface area (TPSA) is 107 Å². The van der Waals surface area contributed by atoms with Crippen LogP contribution in [0.1, 0.15) is 16.3 Å². The van der Waals surface area contributed by atoms with E-state index in [1.54, 1.807) is 10.7 Å². The van der Waals surface area contributed by atoms with E-state index in [1.807, 2.05) is 19.9 Å². The standard InChI is InChI=1S/C12H16N4O3S2/c1-8-5-9(2)16(15-8)7-11(17)14-6-10-3-4-12(20-10)21(13,18)19/h3-5H,6-7H2,1-2H3,(H,14,17)(H2,13,18,19). The monoisotopic (exact) mass is 328 g/mol. The number of nitrogens with zero attached hydrogens (tertiary/aromatic N) is 2. The molecule has 7 nitrogen and oxygen atoms in total. The predicted molar refractivity (Wildman–Crippen MR) is 79.2 cm³/mol. The van der Waals surface area contributed by atoms with Crippen LogP contribution in [0.5, 0.6) is 0 Å². The summed E-state index contributed by atoms with van der Waals surface area (Å²) in [5, 5.41) is 12.0. The molecule has 9 heteroatoms. The van der Waals surface area contributed by atoms with Crippen LogP contribution in [0.4, 0.5) is 0 Å². The third-order valence-electron chi connectivity index (χ3n) is 2.77. The van der Waals surface area contributed by atoms with Crippen molar-refractivity contribution in [2.45, 2.75) is 31.1 Å². The van der Waals surface area contributed by atoms with Crippen molar-refractivity contribution in [3.63, 3.8) is 0 Å². The molecule has 0 saturated heterocycles. The van der Waals surface area contributed by atoms with Crippen molar-refractivity contribution in [3.8, 4) is 0 Å². The maximum Gasteiger partial charge on any atom is 0.247 e. The third-order valence-corrected chi connectivity index (χ3v) is 5.30. The van der Waals surface area contributed by atoms with Crippen LogP contribution in [-0.2, 0) is 27.9 Å². The van der Waals surface area contributed by atoms with E-state index in [9.17, 15) is 13.2 Å². The lowest BCUT2D eigenvalue weighted by molar-refractivity contribution is -0.122. The highest BCUT2D eigenvalue weighted by atomic mass is 32.2. The van der Waals surface area contributed by atoms with E-state index in [4.69, 9.17) is 5.14 Å². The predicted octanol–water partition coefficient (Wildman–Crippen LogP) is 0.525. The molecule has 2 rings (SSSR count). The number of aryl methyl sites for hydroxylation is 2. The molecular formula is C12H16N4O3S2. The Morgan fingerprint density at radius 1 is 1.43 bits per heavy atom. The van der Waals surface area contributed by atoms with Crippen LogP contribution in [0.25, 0.3) is 0 Å². The van der Waals surface area contributed by atoms with Crippen molar-refractivity contribution in [2.24, 2.45) is 5.14 Å². The van der Waals surface area contributed by atoms with Crippen LogP contribution in [0.15, 0.2) is 22.4 Å². The summed E-state index contributed by atoms with van der Waals surface area (Å²) >= 11 is 1.05. The number of hydrogen-bond donors (Lipinski definition) is 2. The lowest BCUT2D eigenvalue weighted by atomic mass is 10.4. The quantitative estimate of drug-likeness (QED) is 0.834. The summed E-state index contributed by atoms with van der Waals surface area (Å²) < 4.78 is 24.0. The Balaban J connectivity index is 1.92. The minimum Gasteiger partial charge on any atom is -0.350 e. The largest absolute Gasteiger partial charge is 0.350 e. The zero-order valence-corrected chi connectivity index (χ0v) is 13.3. The molecule has 0 radical (unpaired) electrons. The van der Waals surface area contributed by atoms with Gasteiger partial charge in [-0.05, 0) is 32.0 Å². The summed E-state index contributed by atoms with van der Waals surface area (Å²) in [7, 11) is -3.68. The molecule has 0 aliphatic carbocycles. The number of carbonyl (C=O) groups excluding carboxylic acids is 1. The highest BCUT2D eigenvalue weighted by molar-refractivity contribution is 7.91. The first-order valence-corrected chi connectivity index (χ1v) is 8.51. The van der Waals surface area contributed by atoms with Crippen molar-refractivity contribution in [2.75, 3.05) is 0 Å². The van der Waals surface area contributed by atoms with Crippen LogP contribution in [0, 0.1) is 13.8 Å². The fourth-order valence-corrected chi connectivity index (χ4v) is 3.54. The number of nitrogens with one attached hydrogen (secondary N) is 1. The van der Waals surface area contributed by atoms with Crippen molar-refractivity contribution < 1.29 is 13.2 Å². The molecule has 0 saturated carbocycles. The van der Waals surface area contributed by atoms with Gasteiger partial charge in [0.05, 0.1) is 12.2 Å². The molecule has 0 aliphatic rings. The number of aromatic nitrogens is 2. The molecule has 0 unspecified atom stereocenters. The molecule has 0 aliphatic heterocycles. The van der Waals surface area contributed by atoms with E-state index in [0.29, 0.717) is 0 Å². The summed E-state index contributed by atoms with van der Waals surface area (Å²) in [5.41, 5.74) is 1.77. The normalized spacial score (nSPS) is 11.6. The minimum atomic E-state index is -3.68. The molecule has 0 aromatic carbocycles. The summed E-state index contributed by atoms with van der Waals surface area (Å²) in [6.45, 7) is 4.14. The lowest BCUT2D eigenvalue weighted by Gasteiger charge is -2.05. The van der Waals surface area contributed by atoms with Crippen molar-refractivity contribution in [3.05, 3.63) is 34.5 Å². The van der Waals surface area contributed by atoms with Gasteiger partial charge in [0, 0.05) is 10.6 Å². The second kappa shape index (κ2) is 5.96. The molecule has 3 N–H and O–H groups in total. The maximum atomic E-state index is 11.8. The Hall–Kier alpha value is -1.71. The molecule has 0 bridgehead atoms. The van der Waals surface area contributed by atoms with E-state index in [0.717, 1.165) is 27.6 Å². The molecule has 21 heavy (non-hydrogen) atoms. The molecular weight excluding hydrogens is 312 g/mol. The molecule has 2 heterocycles. The Labute approximate surface area is 126 Å². The molecule has 0 fully saturated rings. The number of thiophene rings is 1. The maximum absolute atomic E-state index is 11.8. The van der Waals surface area contributed by atoms with Crippen LogP contribution in [0.3, 0.4) is 0 Å². The number of hydrogen-bond acceptors (Lipinski definition) is 5. The van der Waals surface area contributed by atoms with Gasteiger partial charge in [-0.15, -0.1) is 11.3 Å². The van der Waals surface area contributed by atoms with Crippen LogP contribution in [-0.4, -0.2) is 24.1 Å². The highest BCUT2D eigenvalue weighted by Gasteiger charge is 2.12. The average Bonchev–Trinajstić information content (AvgIpc) is 2.94. The van der Waals surface area contributed by atoms with Crippen LogP contribution < -0.4 is 10.5 Å². The van der Waals surface area contributed by atoms with Crippen molar-refractivity contribution in [1.29, 1.82) is 0 Å². The fraction of sp³-hybridized carbons (Fsp3) is 0.333. The minimum absolute atomic E-state index is 0.0882. The molecule has 0 atom stereocenters. The van der Waals surface area contributed by atoms with Crippen molar-refractivity contribution >= 4 is 27.3 Å². The molecule has 1 amide bonds. The summed E-state index contributed by atoms with van der Waals surface area (Å²) in [4.78, 5) is 12.6. The third kappa shape index (κ3) is 4.13. The Bertz CT molecular complexity index is 761. The molecule has 0 spiro atoms. The van der Waals surface area contributed by atoms with Crippen LogP contribution in [0.2, 0.25) is 0 Å². The van der Waals surface area contributed by atoms with Gasteiger partial charge < -0.3 is 5.32 Å². The number of rotatable bonds is 5. The first kappa shape index (κ1) is 15.7. The SMILES string of the molecule is Cc1cc(C)n(CC(=O)NCc2ccc(S(N)(=O)=O)s2)n1. The van der Waals surface area contributed by atoms with Gasteiger partial charge in [0.25, 0.3) is 0 Å². The highest BCUT2D eigenvalue weighted by Crippen LogP contribution is 2.19. The van der Waals surface area contributed by atoms with E-state index in [1.165, 1.54) is 6.07 Å². The second-order valence-corrected chi connectivity index (χ2v) is 7.58. The zero-order valence-electron chi connectivity index (χ0n) is 11.7. The van der Waals surface area contributed by atoms with Gasteiger partial charge in [0.2, 0.25) is 15.9 Å². The summed E-state index contributed by atoms with van der Waals surface area (Å²) in [6, 6.07) is 4.96. The zero-order chi connectivity index (χ0) is 15.6. The molecule has 114 valence electrons. The summed E-state index contributed by atoms with van der Waals surface area (Å²) in [6.07, 6.45) is 0. The fourth-order valence-electron chi connectivity index (χ4n) is 1.82. The Kier molecular flexibility index (Phi) is 4.45. The van der Waals surface area contributed by atoms with Crippen molar-refractivity contribution in [1.82, 2.24) is 15.1 Å². The van der Waals surface area contributed by atoms with E-state index in [2.05, 4.69) is 10.4 Å². The number of amides is 1. The smallest absolute Gasteiger partial charge is 0.247 e. The van der Waals surface area contributed by atoms with Gasteiger partial charge in [-0.25, -0.2) is 13.6 Å². The first-order valence-electron chi connectivity index (χ1n) is 6.15. The number of nitrogens with two attached hydrogens (primary N) is 1. The number of carbonyl (C=O) groups is 1. The lowest BCUT2D eigenvalue weighted by Crippen LogP contribution is -2.27. The van der Waals surface area contributed by atoms with Gasteiger partial charge in [-0.3, -0.25) is 9.48 Å². The van der Waals surface area contributed by atoms with Gasteiger partial charge in [-0.2, -0.15) is 5.10 Å². The van der Waals surface area contributed by atoms with Gasteiger partial charge in [-0.1, -0.05) is 0 Å². The number of sulfonamides is 1. The van der Waals surface area contributed by atoms with Crippen LogP contribution >= 0.6 is 11.3 Å². The van der Waals surface area contributed by atoms with Gasteiger partial charge in [0.15, 0.2) is 0 Å². The number of primary sulfonamides is 1. The average molecular weight is 328 g/mol. The van der Waals surface area contributed by atoms with E-state index >= 15 is 0 Å². The Morgan fingerprint density at radius 3 is 2.67 bits per heavy atom. The molecule has 2 aromatic heterocycles. The Morgan fingerprint density at radius 2 is 2.14 bits per heavy atom. The second-order valence-electron chi connectivity index (χ2n) is 4.63. The first-order chi connectivity index (χ1) is 9.75. The van der Waals surface area contributed by atoms with E-state index < -0.39 is 10.0 Å². The van der Waals surface area contributed by atoms with Gasteiger partial charge >= 0.3 is 0 Å². The van der Waals surface area contributed by atoms with E-state index in [-0.39, 0.29) is 23.2 Å². The summed E-state index contributed by atoms with van der Waals surface area (Å²) in [5.74, 6) is -0.188. The van der Waals surface area contributed by atoms with Gasteiger partial charge in [0.1, 0.15) is 10.8 Å². The molecule has 2 aromatic rings.